The molecule has 1 atom stereocenters. The molecular weight excluding hydrogens is 438 g/mol. The molecule has 0 aromatic heterocycles. The van der Waals surface area contributed by atoms with Crippen LogP contribution in [0.1, 0.15) is 23.1 Å². The molecule has 1 unspecified atom stereocenters. The van der Waals surface area contributed by atoms with Gasteiger partial charge in [0.1, 0.15) is 6.04 Å². The SMILES string of the molecule is Cc1ccc(C=CC(=O)NC(=S)N2CCNC(=O)C2CC(=O)OCCc2ccccc2)cc1. The summed E-state index contributed by atoms with van der Waals surface area (Å²) in [7, 11) is 0. The highest BCUT2D eigenvalue weighted by atomic mass is 32.1. The quantitative estimate of drug-likeness (QED) is 0.371. The van der Waals surface area contributed by atoms with E-state index in [1.807, 2.05) is 61.5 Å². The molecule has 1 fully saturated rings. The summed E-state index contributed by atoms with van der Waals surface area (Å²) in [4.78, 5) is 38.6. The molecule has 1 aliphatic rings. The minimum absolute atomic E-state index is 0.102. The zero-order valence-electron chi connectivity index (χ0n) is 18.5. The fourth-order valence-corrected chi connectivity index (χ4v) is 3.69. The lowest BCUT2D eigenvalue weighted by molar-refractivity contribution is -0.147. The van der Waals surface area contributed by atoms with Crippen LogP contribution >= 0.6 is 12.2 Å². The Morgan fingerprint density at radius 3 is 2.64 bits per heavy atom. The van der Waals surface area contributed by atoms with Gasteiger partial charge < -0.3 is 15.0 Å². The third kappa shape index (κ3) is 7.54. The number of hydrogen-bond acceptors (Lipinski definition) is 5. The van der Waals surface area contributed by atoms with E-state index in [9.17, 15) is 14.4 Å². The predicted molar refractivity (Wildman–Crippen MR) is 130 cm³/mol. The van der Waals surface area contributed by atoms with E-state index in [0.29, 0.717) is 19.5 Å². The highest BCUT2D eigenvalue weighted by Crippen LogP contribution is 2.11. The summed E-state index contributed by atoms with van der Waals surface area (Å²) in [6.07, 6.45) is 3.50. The first-order valence-electron chi connectivity index (χ1n) is 10.8. The molecule has 172 valence electrons. The van der Waals surface area contributed by atoms with E-state index in [4.69, 9.17) is 17.0 Å². The van der Waals surface area contributed by atoms with Crippen LogP contribution in [0.3, 0.4) is 0 Å². The molecule has 0 spiro atoms. The molecule has 0 radical (unpaired) electrons. The lowest BCUT2D eigenvalue weighted by atomic mass is 10.1. The van der Waals surface area contributed by atoms with Gasteiger partial charge in [-0.25, -0.2) is 0 Å². The average Bonchev–Trinajstić information content (AvgIpc) is 2.80. The zero-order valence-corrected chi connectivity index (χ0v) is 19.3. The number of esters is 1. The van der Waals surface area contributed by atoms with Gasteiger partial charge in [0.15, 0.2) is 5.11 Å². The maximum atomic E-state index is 12.4. The number of piperazine rings is 1. The monoisotopic (exact) mass is 465 g/mol. The van der Waals surface area contributed by atoms with E-state index in [-0.39, 0.29) is 24.0 Å². The van der Waals surface area contributed by atoms with Crippen molar-refractivity contribution in [1.29, 1.82) is 0 Å². The summed E-state index contributed by atoms with van der Waals surface area (Å²) < 4.78 is 5.31. The summed E-state index contributed by atoms with van der Waals surface area (Å²) in [6.45, 7) is 2.97. The van der Waals surface area contributed by atoms with Gasteiger partial charge in [-0.3, -0.25) is 19.7 Å². The number of thiocarbonyl (C=S) groups is 1. The number of aryl methyl sites for hydroxylation is 1. The molecule has 0 saturated carbocycles. The first kappa shape index (κ1) is 24.1. The van der Waals surface area contributed by atoms with Gasteiger partial charge in [0.05, 0.1) is 13.0 Å². The van der Waals surface area contributed by atoms with Crippen molar-refractivity contribution in [2.24, 2.45) is 0 Å². The first-order valence-corrected chi connectivity index (χ1v) is 11.2. The largest absolute Gasteiger partial charge is 0.465 e. The van der Waals surface area contributed by atoms with Crippen molar-refractivity contribution in [3.63, 3.8) is 0 Å². The molecule has 33 heavy (non-hydrogen) atoms. The second-order valence-electron chi connectivity index (χ2n) is 7.70. The normalized spacial score (nSPS) is 15.7. The number of nitrogens with zero attached hydrogens (tertiary/aromatic N) is 1. The topological polar surface area (TPSA) is 87.7 Å². The van der Waals surface area contributed by atoms with Crippen molar-refractivity contribution in [3.8, 4) is 0 Å². The zero-order chi connectivity index (χ0) is 23.6. The Hall–Kier alpha value is -3.52. The van der Waals surface area contributed by atoms with E-state index in [1.54, 1.807) is 11.0 Å². The molecule has 3 rings (SSSR count). The number of ether oxygens (including phenoxy) is 1. The van der Waals surface area contributed by atoms with Crippen LogP contribution in [0.25, 0.3) is 6.08 Å². The van der Waals surface area contributed by atoms with Gasteiger partial charge in [0.25, 0.3) is 0 Å². The lowest BCUT2D eigenvalue weighted by Crippen LogP contribution is -2.60. The molecule has 2 aromatic rings. The van der Waals surface area contributed by atoms with Gasteiger partial charge in [-0.2, -0.15) is 0 Å². The smallest absolute Gasteiger partial charge is 0.308 e. The minimum Gasteiger partial charge on any atom is -0.465 e. The lowest BCUT2D eigenvalue weighted by Gasteiger charge is -2.36. The molecule has 2 amide bonds. The van der Waals surface area contributed by atoms with Crippen LogP contribution in [0.5, 0.6) is 0 Å². The molecule has 2 aromatic carbocycles. The molecule has 7 nitrogen and oxygen atoms in total. The van der Waals surface area contributed by atoms with Crippen LogP contribution < -0.4 is 10.6 Å². The van der Waals surface area contributed by atoms with Gasteiger partial charge in [0.2, 0.25) is 11.8 Å². The van der Waals surface area contributed by atoms with Gasteiger partial charge in [-0.15, -0.1) is 0 Å². The van der Waals surface area contributed by atoms with E-state index in [0.717, 1.165) is 16.7 Å². The third-order valence-electron chi connectivity index (χ3n) is 5.18. The summed E-state index contributed by atoms with van der Waals surface area (Å²) in [5.41, 5.74) is 3.07. The number of carbonyl (C=O) groups is 3. The van der Waals surface area contributed by atoms with Crippen molar-refractivity contribution >= 4 is 41.2 Å². The molecule has 1 heterocycles. The van der Waals surface area contributed by atoms with E-state index in [1.165, 1.54) is 6.08 Å². The fourth-order valence-electron chi connectivity index (χ4n) is 3.37. The summed E-state index contributed by atoms with van der Waals surface area (Å²) in [6, 6.07) is 16.6. The van der Waals surface area contributed by atoms with Crippen LogP contribution in [-0.2, 0) is 25.5 Å². The molecule has 0 bridgehead atoms. The molecular formula is C25H27N3O4S. The molecule has 8 heteroatoms. The van der Waals surface area contributed by atoms with Crippen LogP contribution in [0, 0.1) is 6.92 Å². The first-order chi connectivity index (χ1) is 15.9. The van der Waals surface area contributed by atoms with Crippen molar-refractivity contribution in [3.05, 3.63) is 77.4 Å². The Balaban J connectivity index is 1.52. The highest BCUT2D eigenvalue weighted by Gasteiger charge is 2.34. The van der Waals surface area contributed by atoms with Gasteiger partial charge in [0, 0.05) is 25.6 Å². The summed E-state index contributed by atoms with van der Waals surface area (Å²) >= 11 is 5.36. The van der Waals surface area contributed by atoms with Crippen molar-refractivity contribution in [1.82, 2.24) is 15.5 Å². The maximum absolute atomic E-state index is 12.4. The molecule has 1 saturated heterocycles. The third-order valence-corrected chi connectivity index (χ3v) is 5.52. The Labute approximate surface area is 198 Å². The Kier molecular flexibility index (Phi) is 8.71. The van der Waals surface area contributed by atoms with Gasteiger partial charge in [-0.1, -0.05) is 60.2 Å². The maximum Gasteiger partial charge on any atom is 0.308 e. The van der Waals surface area contributed by atoms with Crippen molar-refractivity contribution in [2.45, 2.75) is 25.8 Å². The number of carbonyl (C=O) groups excluding carboxylic acids is 3. The number of nitrogens with one attached hydrogen (secondary N) is 2. The molecule has 2 N–H and O–H groups in total. The second kappa shape index (κ2) is 11.9. The van der Waals surface area contributed by atoms with Gasteiger partial charge >= 0.3 is 5.97 Å². The van der Waals surface area contributed by atoms with Gasteiger partial charge in [-0.05, 0) is 36.3 Å². The number of benzene rings is 2. The van der Waals surface area contributed by atoms with Crippen LogP contribution in [0.2, 0.25) is 0 Å². The Morgan fingerprint density at radius 2 is 1.91 bits per heavy atom. The van der Waals surface area contributed by atoms with Crippen molar-refractivity contribution < 1.29 is 19.1 Å². The molecule has 1 aliphatic heterocycles. The van der Waals surface area contributed by atoms with E-state index < -0.39 is 17.9 Å². The standard InChI is InChI=1S/C25H27N3O4S/c1-18-7-9-20(10-8-18)11-12-22(29)27-25(33)28-15-14-26-24(31)21(28)17-23(30)32-16-13-19-5-3-2-4-6-19/h2-12,21H,13-17H2,1H3,(H,26,31)(H,27,29,33). The average molecular weight is 466 g/mol. The van der Waals surface area contributed by atoms with Crippen molar-refractivity contribution in [2.75, 3.05) is 19.7 Å². The minimum atomic E-state index is -0.836. The predicted octanol–water partition coefficient (Wildman–Crippen LogP) is 2.39. The highest BCUT2D eigenvalue weighted by molar-refractivity contribution is 7.80. The Morgan fingerprint density at radius 1 is 1.18 bits per heavy atom. The van der Waals surface area contributed by atoms with Crippen LogP contribution in [0.15, 0.2) is 60.7 Å². The van der Waals surface area contributed by atoms with E-state index in [2.05, 4.69) is 10.6 Å². The van der Waals surface area contributed by atoms with Crippen LogP contribution in [0.4, 0.5) is 0 Å². The summed E-state index contributed by atoms with van der Waals surface area (Å²) in [5.74, 6) is -1.23. The fraction of sp³-hybridized carbons (Fsp3) is 0.280. The Bertz CT molecular complexity index is 1020. The summed E-state index contributed by atoms with van der Waals surface area (Å²) in [5, 5.41) is 5.46. The molecule has 0 aliphatic carbocycles. The second-order valence-corrected chi connectivity index (χ2v) is 8.09. The number of hydrogen-bond donors (Lipinski definition) is 2. The number of rotatable bonds is 7. The van der Waals surface area contributed by atoms with E-state index >= 15 is 0 Å². The number of amides is 2. The van der Waals surface area contributed by atoms with Crippen LogP contribution in [-0.4, -0.2) is 53.5 Å².